The summed E-state index contributed by atoms with van der Waals surface area (Å²) in [5.41, 5.74) is 6.98. The number of carbonyl (C=O) groups is 1. The average molecular weight is 277 g/mol. The van der Waals surface area contributed by atoms with E-state index >= 15 is 0 Å². The van der Waals surface area contributed by atoms with Gasteiger partial charge >= 0.3 is 5.97 Å². The van der Waals surface area contributed by atoms with Gasteiger partial charge in [-0.1, -0.05) is 18.2 Å². The third-order valence-corrected chi connectivity index (χ3v) is 3.90. The monoisotopic (exact) mass is 277 g/mol. The zero-order valence-corrected chi connectivity index (χ0v) is 11.4. The molecule has 0 saturated heterocycles. The lowest BCUT2D eigenvalue weighted by molar-refractivity contribution is 0.0698. The van der Waals surface area contributed by atoms with Crippen molar-refractivity contribution in [3.05, 3.63) is 46.3 Å². The quantitative estimate of drug-likeness (QED) is 0.881. The Bertz CT molecular complexity index is 592. The molecule has 1 heterocycles. The highest BCUT2D eigenvalue weighted by Gasteiger charge is 2.13. The van der Waals surface area contributed by atoms with Gasteiger partial charge in [0.1, 0.15) is 10.8 Å². The second-order valence-corrected chi connectivity index (χ2v) is 5.28. The molecule has 0 radical (unpaired) electrons. The first kappa shape index (κ1) is 13.4. The molecule has 0 amide bonds. The molecule has 0 aliphatic carbocycles. The van der Waals surface area contributed by atoms with Crippen molar-refractivity contribution in [1.29, 1.82) is 0 Å². The number of aromatic carboxylic acids is 1. The molecule has 0 atom stereocenters. The third kappa shape index (κ3) is 3.06. The van der Waals surface area contributed by atoms with Gasteiger partial charge in [-0.2, -0.15) is 0 Å². The van der Waals surface area contributed by atoms with E-state index in [2.05, 4.69) is 0 Å². The Morgan fingerprint density at radius 3 is 2.74 bits per heavy atom. The van der Waals surface area contributed by atoms with Crippen molar-refractivity contribution < 1.29 is 14.6 Å². The van der Waals surface area contributed by atoms with Gasteiger partial charge in [0.2, 0.25) is 0 Å². The zero-order chi connectivity index (χ0) is 13.8. The maximum absolute atomic E-state index is 10.9. The fourth-order valence-electron chi connectivity index (χ4n) is 1.92. The van der Waals surface area contributed by atoms with E-state index in [1.807, 2.05) is 24.3 Å². The molecule has 0 saturated carbocycles. The fourth-order valence-corrected chi connectivity index (χ4v) is 2.84. The van der Waals surface area contributed by atoms with Crippen LogP contribution in [0.2, 0.25) is 0 Å². The van der Waals surface area contributed by atoms with Crippen molar-refractivity contribution in [2.45, 2.75) is 12.8 Å². The smallest absolute Gasteiger partial charge is 0.338 e. The van der Waals surface area contributed by atoms with E-state index in [4.69, 9.17) is 15.6 Å². The molecule has 3 N–H and O–H groups in total. The van der Waals surface area contributed by atoms with Gasteiger partial charge in [0, 0.05) is 4.88 Å². The number of hydrogen-bond donors (Lipinski definition) is 2. The van der Waals surface area contributed by atoms with Gasteiger partial charge < -0.3 is 15.6 Å². The number of nitrogen functional groups attached to an aromatic ring is 1. The summed E-state index contributed by atoms with van der Waals surface area (Å²) < 4.78 is 5.29. The maximum Gasteiger partial charge on any atom is 0.338 e. The van der Waals surface area contributed by atoms with Crippen LogP contribution in [-0.4, -0.2) is 18.2 Å². The van der Waals surface area contributed by atoms with Crippen molar-refractivity contribution in [3.8, 4) is 5.75 Å². The molecule has 2 aromatic rings. The Balaban J connectivity index is 2.10. The summed E-state index contributed by atoms with van der Waals surface area (Å²) in [6, 6.07) is 9.46. The van der Waals surface area contributed by atoms with Crippen LogP contribution in [0.25, 0.3) is 0 Å². The number of carboxylic acids is 1. The molecule has 0 unspecified atom stereocenters. The lowest BCUT2D eigenvalue weighted by Gasteiger charge is -2.06. The SMILES string of the molecule is COc1ccccc1CCc1cc(C(=O)O)c(N)s1. The minimum absolute atomic E-state index is 0.194. The number of thiophene rings is 1. The summed E-state index contributed by atoms with van der Waals surface area (Å²) in [6.07, 6.45) is 1.55. The van der Waals surface area contributed by atoms with Gasteiger partial charge in [0.25, 0.3) is 0 Å². The second-order valence-electron chi connectivity index (χ2n) is 4.11. The van der Waals surface area contributed by atoms with Crippen molar-refractivity contribution >= 4 is 22.3 Å². The maximum atomic E-state index is 10.9. The van der Waals surface area contributed by atoms with Crippen molar-refractivity contribution in [2.75, 3.05) is 12.8 Å². The Labute approximate surface area is 115 Å². The van der Waals surface area contributed by atoms with Crippen LogP contribution in [-0.2, 0) is 12.8 Å². The van der Waals surface area contributed by atoms with Crippen LogP contribution in [0, 0.1) is 0 Å². The number of aryl methyl sites for hydroxylation is 2. The molecular formula is C14H15NO3S. The highest BCUT2D eigenvalue weighted by Crippen LogP contribution is 2.27. The van der Waals surface area contributed by atoms with Crippen LogP contribution < -0.4 is 10.5 Å². The Kier molecular flexibility index (Phi) is 4.06. The van der Waals surface area contributed by atoms with Crippen molar-refractivity contribution in [1.82, 2.24) is 0 Å². The molecule has 2 rings (SSSR count). The van der Waals surface area contributed by atoms with Crippen LogP contribution in [0.15, 0.2) is 30.3 Å². The minimum Gasteiger partial charge on any atom is -0.496 e. The predicted molar refractivity (Wildman–Crippen MR) is 76.1 cm³/mol. The molecule has 0 spiro atoms. The topological polar surface area (TPSA) is 72.5 Å². The highest BCUT2D eigenvalue weighted by atomic mass is 32.1. The Hall–Kier alpha value is -2.01. The van der Waals surface area contributed by atoms with E-state index in [0.29, 0.717) is 5.00 Å². The largest absolute Gasteiger partial charge is 0.496 e. The van der Waals surface area contributed by atoms with Crippen LogP contribution in [0.3, 0.4) is 0 Å². The van der Waals surface area contributed by atoms with E-state index in [-0.39, 0.29) is 5.56 Å². The summed E-state index contributed by atoms with van der Waals surface area (Å²) in [5.74, 6) is -0.122. The van der Waals surface area contributed by atoms with Gasteiger partial charge in [-0.3, -0.25) is 0 Å². The highest BCUT2D eigenvalue weighted by molar-refractivity contribution is 7.16. The number of nitrogens with two attached hydrogens (primary N) is 1. The number of benzene rings is 1. The van der Waals surface area contributed by atoms with Crippen LogP contribution in [0.4, 0.5) is 5.00 Å². The summed E-state index contributed by atoms with van der Waals surface area (Å²) in [7, 11) is 1.64. The van der Waals surface area contributed by atoms with Gasteiger partial charge in [0.15, 0.2) is 0 Å². The number of carboxylic acid groups (broad SMARTS) is 1. The molecular weight excluding hydrogens is 262 g/mol. The number of hydrogen-bond acceptors (Lipinski definition) is 4. The lowest BCUT2D eigenvalue weighted by atomic mass is 10.1. The van der Waals surface area contributed by atoms with Gasteiger partial charge in [-0.05, 0) is 30.5 Å². The number of methoxy groups -OCH3 is 1. The van der Waals surface area contributed by atoms with Crippen molar-refractivity contribution in [3.63, 3.8) is 0 Å². The Morgan fingerprint density at radius 2 is 2.11 bits per heavy atom. The zero-order valence-electron chi connectivity index (χ0n) is 10.6. The molecule has 4 nitrogen and oxygen atoms in total. The molecule has 1 aromatic heterocycles. The summed E-state index contributed by atoms with van der Waals surface area (Å²) in [6.45, 7) is 0. The minimum atomic E-state index is -0.975. The summed E-state index contributed by atoms with van der Waals surface area (Å²) in [4.78, 5) is 11.9. The van der Waals surface area contributed by atoms with E-state index in [1.54, 1.807) is 13.2 Å². The second kappa shape index (κ2) is 5.75. The molecule has 1 aromatic carbocycles. The van der Waals surface area contributed by atoms with Gasteiger partial charge in [-0.15, -0.1) is 11.3 Å². The van der Waals surface area contributed by atoms with E-state index in [1.165, 1.54) is 11.3 Å². The standard InChI is InChI=1S/C14H15NO3S/c1-18-12-5-3-2-4-9(12)6-7-10-8-11(14(16)17)13(15)19-10/h2-5,8H,6-7,15H2,1H3,(H,16,17). The van der Waals surface area contributed by atoms with Gasteiger partial charge in [-0.25, -0.2) is 4.79 Å². The molecule has 100 valence electrons. The number of anilines is 1. The Morgan fingerprint density at radius 1 is 1.37 bits per heavy atom. The summed E-state index contributed by atoms with van der Waals surface area (Å²) in [5, 5.41) is 9.32. The molecule has 5 heteroatoms. The van der Waals surface area contributed by atoms with Crippen LogP contribution in [0.5, 0.6) is 5.75 Å². The van der Waals surface area contributed by atoms with Crippen LogP contribution in [0.1, 0.15) is 20.8 Å². The lowest BCUT2D eigenvalue weighted by Crippen LogP contribution is -1.97. The molecule has 0 bridgehead atoms. The fraction of sp³-hybridized carbons (Fsp3) is 0.214. The molecule has 0 fully saturated rings. The molecule has 19 heavy (non-hydrogen) atoms. The molecule has 0 aliphatic rings. The number of rotatable bonds is 5. The average Bonchev–Trinajstić information content (AvgIpc) is 2.78. The first-order chi connectivity index (χ1) is 9.11. The normalized spacial score (nSPS) is 10.4. The predicted octanol–water partition coefficient (Wildman–Crippen LogP) is 2.82. The van der Waals surface area contributed by atoms with Crippen molar-refractivity contribution in [2.24, 2.45) is 0 Å². The summed E-state index contributed by atoms with van der Waals surface area (Å²) >= 11 is 1.33. The van der Waals surface area contributed by atoms with Crippen LogP contribution >= 0.6 is 11.3 Å². The first-order valence-corrected chi connectivity index (χ1v) is 6.67. The van der Waals surface area contributed by atoms with E-state index in [0.717, 1.165) is 29.0 Å². The third-order valence-electron chi connectivity index (χ3n) is 2.88. The number of para-hydroxylation sites is 1. The first-order valence-electron chi connectivity index (χ1n) is 5.85. The molecule has 0 aliphatic heterocycles. The van der Waals surface area contributed by atoms with Gasteiger partial charge in [0.05, 0.1) is 12.7 Å². The van der Waals surface area contributed by atoms with E-state index < -0.39 is 5.97 Å². The number of ether oxygens (including phenoxy) is 1. The van der Waals surface area contributed by atoms with E-state index in [9.17, 15) is 4.79 Å².